The molecule has 0 heterocycles. The summed E-state index contributed by atoms with van der Waals surface area (Å²) in [7, 11) is 0. The van der Waals surface area contributed by atoms with Crippen molar-refractivity contribution in [1.82, 2.24) is 16.0 Å². The molecule has 0 rings (SSSR count). The van der Waals surface area contributed by atoms with E-state index in [-0.39, 0.29) is 24.3 Å². The third-order valence-corrected chi connectivity index (χ3v) is 5.57. The Morgan fingerprint density at radius 2 is 1.28 bits per heavy atom. The van der Waals surface area contributed by atoms with Crippen LogP contribution in [-0.2, 0) is 19.2 Å². The highest BCUT2D eigenvalue weighted by Gasteiger charge is 2.30. The van der Waals surface area contributed by atoms with E-state index in [1.807, 2.05) is 34.6 Å². The summed E-state index contributed by atoms with van der Waals surface area (Å²) in [5.41, 5.74) is 5.94. The van der Waals surface area contributed by atoms with Crippen molar-refractivity contribution in [3.05, 3.63) is 0 Å². The summed E-state index contributed by atoms with van der Waals surface area (Å²) in [5.74, 6) is -3.09. The predicted octanol–water partition coefficient (Wildman–Crippen LogP) is 0.622. The van der Waals surface area contributed by atoms with Crippen molar-refractivity contribution in [3.8, 4) is 0 Å². The maximum atomic E-state index is 12.6. The number of amides is 3. The minimum Gasteiger partial charge on any atom is -0.480 e. The summed E-state index contributed by atoms with van der Waals surface area (Å²) < 4.78 is 0. The molecule has 9 heteroatoms. The SMILES string of the molecule is CCC(C)C(N)C(=O)NC(C(=O)NCC(=O)NC(C(=O)O)C(C)CC)C(C)CC. The summed E-state index contributed by atoms with van der Waals surface area (Å²) in [4.78, 5) is 48.4. The van der Waals surface area contributed by atoms with Crippen LogP contribution in [0.2, 0.25) is 0 Å². The second-order valence-corrected chi connectivity index (χ2v) is 7.77. The van der Waals surface area contributed by atoms with Crippen LogP contribution in [0, 0.1) is 17.8 Å². The van der Waals surface area contributed by atoms with Crippen molar-refractivity contribution in [2.45, 2.75) is 78.9 Å². The van der Waals surface area contributed by atoms with Gasteiger partial charge in [-0.2, -0.15) is 0 Å². The maximum Gasteiger partial charge on any atom is 0.326 e. The third-order valence-electron chi connectivity index (χ3n) is 5.57. The molecule has 0 aromatic carbocycles. The fourth-order valence-corrected chi connectivity index (χ4v) is 2.65. The molecule has 3 amide bonds. The maximum absolute atomic E-state index is 12.6. The van der Waals surface area contributed by atoms with Gasteiger partial charge in [-0.3, -0.25) is 14.4 Å². The van der Waals surface area contributed by atoms with Crippen LogP contribution in [0.5, 0.6) is 0 Å². The number of carboxylic acid groups (broad SMARTS) is 1. The lowest BCUT2D eigenvalue weighted by Crippen LogP contribution is -2.56. The normalized spacial score (nSPS) is 17.2. The van der Waals surface area contributed by atoms with Crippen molar-refractivity contribution < 1.29 is 24.3 Å². The number of carbonyl (C=O) groups is 4. The van der Waals surface area contributed by atoms with Crippen LogP contribution >= 0.6 is 0 Å². The van der Waals surface area contributed by atoms with Crippen LogP contribution in [0.25, 0.3) is 0 Å². The van der Waals surface area contributed by atoms with E-state index >= 15 is 0 Å². The van der Waals surface area contributed by atoms with Gasteiger partial charge in [-0.05, 0) is 17.8 Å². The molecule has 0 aromatic heterocycles. The summed E-state index contributed by atoms with van der Waals surface area (Å²) in [6, 6.07) is -2.59. The largest absolute Gasteiger partial charge is 0.480 e. The van der Waals surface area contributed by atoms with E-state index < -0.39 is 41.8 Å². The lowest BCUT2D eigenvalue weighted by Gasteiger charge is -2.26. The summed E-state index contributed by atoms with van der Waals surface area (Å²) >= 11 is 0. The first-order chi connectivity index (χ1) is 13.5. The minimum atomic E-state index is -1.12. The number of nitrogens with two attached hydrogens (primary N) is 1. The van der Waals surface area contributed by atoms with Gasteiger partial charge in [0.25, 0.3) is 0 Å². The summed E-state index contributed by atoms with van der Waals surface area (Å²) in [6.07, 6.45) is 1.95. The van der Waals surface area contributed by atoms with Gasteiger partial charge in [0.2, 0.25) is 17.7 Å². The smallest absolute Gasteiger partial charge is 0.326 e. The number of carbonyl (C=O) groups excluding carboxylic acids is 3. The van der Waals surface area contributed by atoms with E-state index in [0.717, 1.165) is 6.42 Å². The second kappa shape index (κ2) is 13.1. The van der Waals surface area contributed by atoms with Crippen LogP contribution in [0.3, 0.4) is 0 Å². The fraction of sp³-hybridized carbons (Fsp3) is 0.800. The molecule has 6 N–H and O–H groups in total. The average Bonchev–Trinajstić information content (AvgIpc) is 2.71. The number of hydrogen-bond donors (Lipinski definition) is 5. The number of nitrogens with one attached hydrogen (secondary N) is 3. The Hall–Kier alpha value is -2.16. The average molecular weight is 415 g/mol. The van der Waals surface area contributed by atoms with Crippen molar-refractivity contribution in [1.29, 1.82) is 0 Å². The molecule has 0 spiro atoms. The molecule has 6 atom stereocenters. The zero-order valence-electron chi connectivity index (χ0n) is 18.5. The van der Waals surface area contributed by atoms with Gasteiger partial charge in [-0.15, -0.1) is 0 Å². The highest BCUT2D eigenvalue weighted by atomic mass is 16.4. The molecule has 0 saturated heterocycles. The quantitative estimate of drug-likeness (QED) is 0.298. The monoisotopic (exact) mass is 414 g/mol. The summed E-state index contributed by atoms with van der Waals surface area (Å²) in [6.45, 7) is 10.7. The molecule has 168 valence electrons. The van der Waals surface area contributed by atoms with Crippen molar-refractivity contribution in [2.75, 3.05) is 6.54 Å². The van der Waals surface area contributed by atoms with Gasteiger partial charge in [0, 0.05) is 0 Å². The highest BCUT2D eigenvalue weighted by molar-refractivity contribution is 5.92. The van der Waals surface area contributed by atoms with Crippen LogP contribution in [0.4, 0.5) is 0 Å². The van der Waals surface area contributed by atoms with E-state index in [2.05, 4.69) is 16.0 Å². The Morgan fingerprint density at radius 3 is 1.72 bits per heavy atom. The first kappa shape index (κ1) is 26.8. The van der Waals surface area contributed by atoms with E-state index in [1.54, 1.807) is 6.92 Å². The summed E-state index contributed by atoms with van der Waals surface area (Å²) in [5, 5.41) is 16.9. The first-order valence-electron chi connectivity index (χ1n) is 10.4. The number of carboxylic acids is 1. The number of rotatable bonds is 13. The van der Waals surface area contributed by atoms with Gasteiger partial charge in [-0.1, -0.05) is 60.8 Å². The van der Waals surface area contributed by atoms with Crippen molar-refractivity contribution in [2.24, 2.45) is 23.5 Å². The molecule has 0 radical (unpaired) electrons. The van der Waals surface area contributed by atoms with Gasteiger partial charge in [0.15, 0.2) is 0 Å². The zero-order valence-corrected chi connectivity index (χ0v) is 18.5. The van der Waals surface area contributed by atoms with E-state index in [9.17, 15) is 24.3 Å². The molecule has 0 aliphatic carbocycles. The molecular formula is C20H38N4O5. The Balaban J connectivity index is 4.97. The van der Waals surface area contributed by atoms with Gasteiger partial charge < -0.3 is 26.8 Å². The molecule has 0 aromatic rings. The Bertz CT molecular complexity index is 569. The lowest BCUT2D eigenvalue weighted by atomic mass is 9.95. The van der Waals surface area contributed by atoms with E-state index in [1.165, 1.54) is 0 Å². The lowest BCUT2D eigenvalue weighted by molar-refractivity contribution is -0.143. The molecule has 0 aliphatic heterocycles. The van der Waals surface area contributed by atoms with Crippen LogP contribution < -0.4 is 21.7 Å². The van der Waals surface area contributed by atoms with Crippen LogP contribution in [0.15, 0.2) is 0 Å². The Labute approximate surface area is 173 Å². The van der Waals surface area contributed by atoms with E-state index in [4.69, 9.17) is 5.73 Å². The molecule has 6 unspecified atom stereocenters. The van der Waals surface area contributed by atoms with Crippen molar-refractivity contribution >= 4 is 23.7 Å². The van der Waals surface area contributed by atoms with Gasteiger partial charge in [0.1, 0.15) is 12.1 Å². The Kier molecular flexibility index (Phi) is 12.2. The van der Waals surface area contributed by atoms with Gasteiger partial charge >= 0.3 is 5.97 Å². The first-order valence-corrected chi connectivity index (χ1v) is 10.4. The Morgan fingerprint density at radius 1 is 0.793 bits per heavy atom. The zero-order chi connectivity index (χ0) is 22.7. The minimum absolute atomic E-state index is 0.0325. The standard InChI is InChI=1S/C20H38N4O5/c1-7-11(4)15(21)18(26)24-16(12(5)8-2)19(27)22-10-14(25)23-17(20(28)29)13(6)9-3/h11-13,15-17H,7-10,21H2,1-6H3,(H,22,27)(H,23,25)(H,24,26)(H,28,29). The van der Waals surface area contributed by atoms with Crippen molar-refractivity contribution in [3.63, 3.8) is 0 Å². The van der Waals surface area contributed by atoms with Crippen LogP contribution in [-0.4, -0.2) is 53.5 Å². The van der Waals surface area contributed by atoms with E-state index in [0.29, 0.717) is 12.8 Å². The highest BCUT2D eigenvalue weighted by Crippen LogP contribution is 2.11. The molecule has 9 nitrogen and oxygen atoms in total. The molecule has 0 aliphatic rings. The molecule has 0 bridgehead atoms. The fourth-order valence-electron chi connectivity index (χ4n) is 2.65. The predicted molar refractivity (Wildman–Crippen MR) is 111 cm³/mol. The van der Waals surface area contributed by atoms with Crippen LogP contribution in [0.1, 0.15) is 60.8 Å². The molecule has 29 heavy (non-hydrogen) atoms. The third kappa shape index (κ3) is 8.81. The molecular weight excluding hydrogens is 376 g/mol. The topological polar surface area (TPSA) is 151 Å². The number of hydrogen-bond acceptors (Lipinski definition) is 5. The number of aliphatic carboxylic acids is 1. The second-order valence-electron chi connectivity index (χ2n) is 7.77. The molecule has 0 saturated carbocycles. The van der Waals surface area contributed by atoms with Gasteiger partial charge in [-0.25, -0.2) is 4.79 Å². The van der Waals surface area contributed by atoms with Gasteiger partial charge in [0.05, 0.1) is 12.6 Å². The molecule has 0 fully saturated rings.